The Hall–Kier alpha value is -2.37. The molecule has 1 aromatic heterocycles. The van der Waals surface area contributed by atoms with Crippen molar-refractivity contribution in [1.82, 2.24) is 9.97 Å². The highest BCUT2D eigenvalue weighted by Crippen LogP contribution is 2.27. The first kappa shape index (κ1) is 14.6. The van der Waals surface area contributed by atoms with Gasteiger partial charge in [-0.1, -0.05) is 25.0 Å². The van der Waals surface area contributed by atoms with E-state index in [9.17, 15) is 4.39 Å². The summed E-state index contributed by atoms with van der Waals surface area (Å²) in [6.07, 6.45) is 6.31. The second kappa shape index (κ2) is 6.60. The third kappa shape index (κ3) is 3.44. The van der Waals surface area contributed by atoms with Gasteiger partial charge in [0.25, 0.3) is 0 Å². The average molecular weight is 301 g/mol. The Kier molecular flexibility index (Phi) is 4.37. The maximum Gasteiger partial charge on any atom is 0.155 e. The molecule has 1 fully saturated rings. The minimum absolute atomic E-state index is 0.242. The summed E-state index contributed by atoms with van der Waals surface area (Å²) in [5, 5.41) is 6.56. The Morgan fingerprint density at radius 1 is 1.09 bits per heavy atom. The Labute approximate surface area is 129 Å². The number of hydrogen-bond acceptors (Lipinski definition) is 5. The highest BCUT2D eigenvalue weighted by molar-refractivity contribution is 5.74. The fourth-order valence-corrected chi connectivity index (χ4v) is 2.70. The third-order valence-electron chi connectivity index (χ3n) is 3.95. The molecule has 0 amide bonds. The summed E-state index contributed by atoms with van der Waals surface area (Å²) in [7, 11) is 0. The molecule has 0 unspecified atom stereocenters. The summed E-state index contributed by atoms with van der Waals surface area (Å²) in [6.45, 7) is 0.532. The lowest BCUT2D eigenvalue weighted by molar-refractivity contribution is 0.627. The molecule has 0 radical (unpaired) electrons. The number of aromatic nitrogens is 2. The van der Waals surface area contributed by atoms with Crippen LogP contribution in [0.3, 0.4) is 0 Å². The van der Waals surface area contributed by atoms with E-state index >= 15 is 0 Å². The topological polar surface area (TPSA) is 75.9 Å². The summed E-state index contributed by atoms with van der Waals surface area (Å²) in [5.41, 5.74) is 7.63. The van der Waals surface area contributed by atoms with Gasteiger partial charge in [-0.25, -0.2) is 14.4 Å². The van der Waals surface area contributed by atoms with Crippen molar-refractivity contribution in [3.63, 3.8) is 0 Å². The van der Waals surface area contributed by atoms with E-state index in [0.717, 1.165) is 18.4 Å². The molecular weight excluding hydrogens is 281 g/mol. The quantitative estimate of drug-likeness (QED) is 0.791. The van der Waals surface area contributed by atoms with Crippen molar-refractivity contribution in [2.45, 2.75) is 38.3 Å². The normalized spacial score (nSPS) is 15.0. The maximum absolute atomic E-state index is 12.9. The van der Waals surface area contributed by atoms with Gasteiger partial charge >= 0.3 is 0 Å². The zero-order chi connectivity index (χ0) is 15.4. The predicted octanol–water partition coefficient (Wildman–Crippen LogP) is 3.16. The molecule has 1 aliphatic rings. The summed E-state index contributed by atoms with van der Waals surface area (Å²) in [6, 6.07) is 6.79. The standard InChI is InChI=1S/C16H20FN5/c17-12-7-5-11(6-8-12)9-19-15-14(18)16(21-10-20-15)22-13-3-1-2-4-13/h5-8,10,13H,1-4,9,18H2,(H2,19,20,21,22). The molecule has 116 valence electrons. The van der Waals surface area contributed by atoms with Gasteiger partial charge in [0, 0.05) is 12.6 Å². The molecule has 0 aliphatic heterocycles. The number of nitrogens with zero attached hydrogens (tertiary/aromatic N) is 2. The van der Waals surface area contributed by atoms with Gasteiger partial charge in [0.15, 0.2) is 11.6 Å². The van der Waals surface area contributed by atoms with Crippen LogP contribution in [0.4, 0.5) is 21.7 Å². The van der Waals surface area contributed by atoms with E-state index < -0.39 is 0 Å². The van der Waals surface area contributed by atoms with Gasteiger partial charge in [-0.05, 0) is 30.5 Å². The van der Waals surface area contributed by atoms with Gasteiger partial charge in [0.2, 0.25) is 0 Å². The van der Waals surface area contributed by atoms with Gasteiger partial charge in [0.1, 0.15) is 17.8 Å². The first-order chi connectivity index (χ1) is 10.7. The predicted molar refractivity (Wildman–Crippen MR) is 86.0 cm³/mol. The van der Waals surface area contributed by atoms with E-state index in [0.29, 0.717) is 29.9 Å². The Balaban J connectivity index is 1.66. The van der Waals surface area contributed by atoms with Crippen molar-refractivity contribution in [2.75, 3.05) is 16.4 Å². The number of rotatable bonds is 5. The van der Waals surface area contributed by atoms with Crippen LogP contribution in [-0.4, -0.2) is 16.0 Å². The lowest BCUT2D eigenvalue weighted by atomic mass is 10.2. The van der Waals surface area contributed by atoms with Crippen LogP contribution in [0.15, 0.2) is 30.6 Å². The van der Waals surface area contributed by atoms with Crippen LogP contribution >= 0.6 is 0 Å². The van der Waals surface area contributed by atoms with Crippen LogP contribution in [0.1, 0.15) is 31.2 Å². The number of halogens is 1. The lowest BCUT2D eigenvalue weighted by Gasteiger charge is -2.16. The highest BCUT2D eigenvalue weighted by Gasteiger charge is 2.17. The van der Waals surface area contributed by atoms with Crippen LogP contribution in [0.25, 0.3) is 0 Å². The van der Waals surface area contributed by atoms with Crippen molar-refractivity contribution in [3.05, 3.63) is 42.0 Å². The van der Waals surface area contributed by atoms with Gasteiger partial charge < -0.3 is 16.4 Å². The van der Waals surface area contributed by atoms with E-state index in [1.807, 2.05) is 0 Å². The van der Waals surface area contributed by atoms with Crippen molar-refractivity contribution in [1.29, 1.82) is 0 Å². The molecular formula is C16H20FN5. The third-order valence-corrected chi connectivity index (χ3v) is 3.95. The van der Waals surface area contributed by atoms with Crippen molar-refractivity contribution < 1.29 is 4.39 Å². The zero-order valence-electron chi connectivity index (χ0n) is 12.3. The van der Waals surface area contributed by atoms with Crippen LogP contribution in [-0.2, 0) is 6.54 Å². The van der Waals surface area contributed by atoms with Crippen LogP contribution in [0.5, 0.6) is 0 Å². The van der Waals surface area contributed by atoms with Crippen molar-refractivity contribution in [3.8, 4) is 0 Å². The molecule has 4 N–H and O–H groups in total. The molecule has 0 bridgehead atoms. The highest BCUT2D eigenvalue weighted by atomic mass is 19.1. The van der Waals surface area contributed by atoms with E-state index in [1.165, 1.54) is 31.3 Å². The molecule has 1 heterocycles. The summed E-state index contributed by atoms with van der Waals surface area (Å²) in [4.78, 5) is 8.42. The minimum atomic E-state index is -0.242. The number of nitrogens with one attached hydrogen (secondary N) is 2. The fraction of sp³-hybridized carbons (Fsp3) is 0.375. The maximum atomic E-state index is 12.9. The Bertz CT molecular complexity index is 623. The number of anilines is 3. The summed E-state index contributed by atoms with van der Waals surface area (Å²) in [5.74, 6) is 1.04. The van der Waals surface area contributed by atoms with E-state index in [-0.39, 0.29) is 5.82 Å². The fourth-order valence-electron chi connectivity index (χ4n) is 2.70. The van der Waals surface area contributed by atoms with E-state index in [2.05, 4.69) is 20.6 Å². The lowest BCUT2D eigenvalue weighted by Crippen LogP contribution is -2.18. The van der Waals surface area contributed by atoms with Crippen LogP contribution < -0.4 is 16.4 Å². The van der Waals surface area contributed by atoms with Gasteiger partial charge in [-0.2, -0.15) is 0 Å². The first-order valence-electron chi connectivity index (χ1n) is 7.57. The monoisotopic (exact) mass is 301 g/mol. The average Bonchev–Trinajstić information content (AvgIpc) is 3.03. The van der Waals surface area contributed by atoms with Crippen molar-refractivity contribution >= 4 is 17.3 Å². The van der Waals surface area contributed by atoms with Crippen molar-refractivity contribution in [2.24, 2.45) is 0 Å². The van der Waals surface area contributed by atoms with Gasteiger partial charge in [-0.15, -0.1) is 0 Å². The second-order valence-corrected chi connectivity index (χ2v) is 5.59. The smallest absolute Gasteiger partial charge is 0.155 e. The molecule has 22 heavy (non-hydrogen) atoms. The number of benzene rings is 1. The molecule has 1 saturated carbocycles. The number of nitrogen functional groups attached to an aromatic ring is 1. The Morgan fingerprint density at radius 2 is 1.77 bits per heavy atom. The van der Waals surface area contributed by atoms with Gasteiger partial charge in [0.05, 0.1) is 0 Å². The number of hydrogen-bond donors (Lipinski definition) is 3. The number of nitrogens with two attached hydrogens (primary N) is 1. The molecule has 1 aromatic carbocycles. The van der Waals surface area contributed by atoms with Gasteiger partial charge in [-0.3, -0.25) is 0 Å². The molecule has 0 saturated heterocycles. The minimum Gasteiger partial charge on any atom is -0.393 e. The largest absolute Gasteiger partial charge is 0.393 e. The Morgan fingerprint density at radius 3 is 2.50 bits per heavy atom. The molecule has 3 rings (SSSR count). The molecule has 0 atom stereocenters. The molecule has 2 aromatic rings. The molecule has 6 heteroatoms. The molecule has 5 nitrogen and oxygen atoms in total. The molecule has 1 aliphatic carbocycles. The summed E-state index contributed by atoms with van der Waals surface area (Å²) >= 11 is 0. The SMILES string of the molecule is Nc1c(NCc2ccc(F)cc2)ncnc1NC1CCCC1. The van der Waals surface area contributed by atoms with Crippen LogP contribution in [0, 0.1) is 5.82 Å². The van der Waals surface area contributed by atoms with E-state index in [4.69, 9.17) is 5.73 Å². The second-order valence-electron chi connectivity index (χ2n) is 5.59. The zero-order valence-corrected chi connectivity index (χ0v) is 12.3. The first-order valence-corrected chi connectivity index (χ1v) is 7.57. The van der Waals surface area contributed by atoms with E-state index in [1.54, 1.807) is 12.1 Å². The summed E-state index contributed by atoms with van der Waals surface area (Å²) < 4.78 is 12.9. The van der Waals surface area contributed by atoms with Crippen LogP contribution in [0.2, 0.25) is 0 Å². The molecule has 0 spiro atoms.